The number of hydrogen-bond donors (Lipinski definition) is 0. The smallest absolute Gasteiger partial charge is 0.227 e. The number of halogens is 1. The van der Waals surface area contributed by atoms with Gasteiger partial charge in [-0.25, -0.2) is 4.39 Å². The maximum Gasteiger partial charge on any atom is 0.227 e. The van der Waals surface area contributed by atoms with Crippen LogP contribution in [0.5, 0.6) is 0 Å². The van der Waals surface area contributed by atoms with Gasteiger partial charge in [-0.1, -0.05) is 12.1 Å². The van der Waals surface area contributed by atoms with Crippen molar-refractivity contribution in [2.24, 2.45) is 5.92 Å². The zero-order chi connectivity index (χ0) is 14.1. The number of rotatable bonds is 2. The number of hydrogen-bond acceptors (Lipinski definition) is 2. The Kier molecular flexibility index (Phi) is 3.74. The van der Waals surface area contributed by atoms with Crippen LogP contribution in [-0.4, -0.2) is 36.1 Å². The molecule has 3 rings (SSSR count). The number of likely N-dealkylation sites (tertiary alicyclic amines) is 1. The van der Waals surface area contributed by atoms with Gasteiger partial charge in [0.1, 0.15) is 5.82 Å². The topological polar surface area (TPSA) is 29.5 Å². The molecule has 3 atom stereocenters. The fraction of sp³-hybridized carbons (Fsp3) is 0.562. The largest absolute Gasteiger partial charge is 0.373 e. The Morgan fingerprint density at radius 2 is 2.35 bits per heavy atom. The van der Waals surface area contributed by atoms with Gasteiger partial charge in [0.05, 0.1) is 18.6 Å². The molecule has 0 saturated carbocycles. The van der Waals surface area contributed by atoms with E-state index in [9.17, 15) is 9.18 Å². The second kappa shape index (κ2) is 5.52. The van der Waals surface area contributed by atoms with Crippen molar-refractivity contribution in [2.75, 3.05) is 13.1 Å². The van der Waals surface area contributed by atoms with Gasteiger partial charge in [-0.05, 0) is 43.4 Å². The van der Waals surface area contributed by atoms with Crippen molar-refractivity contribution in [3.8, 4) is 0 Å². The van der Waals surface area contributed by atoms with Crippen LogP contribution in [0.25, 0.3) is 0 Å². The number of carbonyl (C=O) groups is 1. The van der Waals surface area contributed by atoms with Gasteiger partial charge in [0.25, 0.3) is 0 Å². The molecule has 0 radical (unpaired) electrons. The summed E-state index contributed by atoms with van der Waals surface area (Å²) < 4.78 is 19.0. The van der Waals surface area contributed by atoms with E-state index in [1.807, 2.05) is 4.90 Å². The number of piperidine rings is 1. The number of ether oxygens (including phenoxy) is 1. The van der Waals surface area contributed by atoms with Crippen molar-refractivity contribution < 1.29 is 13.9 Å². The molecular formula is C16H20FNO2. The number of nitrogens with zero attached hydrogens (tertiary/aromatic N) is 1. The van der Waals surface area contributed by atoms with Gasteiger partial charge in [0.2, 0.25) is 5.91 Å². The van der Waals surface area contributed by atoms with Crippen LogP contribution in [-0.2, 0) is 16.0 Å². The second-order valence-electron chi connectivity index (χ2n) is 5.92. The van der Waals surface area contributed by atoms with E-state index in [0.717, 1.165) is 24.9 Å². The van der Waals surface area contributed by atoms with E-state index < -0.39 is 0 Å². The maximum absolute atomic E-state index is 13.1. The van der Waals surface area contributed by atoms with E-state index in [4.69, 9.17) is 4.74 Å². The molecule has 4 heteroatoms. The van der Waals surface area contributed by atoms with Crippen LogP contribution in [0.4, 0.5) is 4.39 Å². The normalized spacial score (nSPS) is 29.3. The first-order valence-corrected chi connectivity index (χ1v) is 7.29. The zero-order valence-electron chi connectivity index (χ0n) is 11.7. The molecule has 0 spiro atoms. The van der Waals surface area contributed by atoms with Gasteiger partial charge in [0.15, 0.2) is 0 Å². The highest BCUT2D eigenvalue weighted by Gasteiger charge is 2.38. The van der Waals surface area contributed by atoms with Crippen LogP contribution in [0.15, 0.2) is 24.3 Å². The summed E-state index contributed by atoms with van der Waals surface area (Å²) in [5.41, 5.74) is 0.734. The number of benzene rings is 1. The van der Waals surface area contributed by atoms with Gasteiger partial charge < -0.3 is 9.64 Å². The third-order valence-electron chi connectivity index (χ3n) is 4.33. The third-order valence-corrected chi connectivity index (χ3v) is 4.33. The van der Waals surface area contributed by atoms with Crippen LogP contribution in [0, 0.1) is 11.7 Å². The molecule has 2 saturated heterocycles. The molecule has 2 aliphatic rings. The highest BCUT2D eigenvalue weighted by Crippen LogP contribution is 2.33. The minimum atomic E-state index is -0.290. The molecule has 0 bridgehead atoms. The van der Waals surface area contributed by atoms with E-state index >= 15 is 0 Å². The summed E-state index contributed by atoms with van der Waals surface area (Å²) in [6, 6.07) is 6.26. The van der Waals surface area contributed by atoms with E-state index in [0.29, 0.717) is 18.6 Å². The summed E-state index contributed by atoms with van der Waals surface area (Å²) >= 11 is 0. The molecule has 0 unspecified atom stereocenters. The minimum Gasteiger partial charge on any atom is -0.373 e. The maximum atomic E-state index is 13.1. The molecule has 3 nitrogen and oxygen atoms in total. The summed E-state index contributed by atoms with van der Waals surface area (Å²) in [4.78, 5) is 14.2. The first-order chi connectivity index (χ1) is 9.61. The molecule has 1 aromatic rings. The molecule has 1 amide bonds. The van der Waals surface area contributed by atoms with Gasteiger partial charge >= 0.3 is 0 Å². The first kappa shape index (κ1) is 13.6. The Hall–Kier alpha value is -1.42. The molecule has 0 aromatic heterocycles. The summed E-state index contributed by atoms with van der Waals surface area (Å²) in [6.07, 6.45) is 2.89. The van der Waals surface area contributed by atoms with Gasteiger partial charge in [-0.15, -0.1) is 0 Å². The van der Waals surface area contributed by atoms with Gasteiger partial charge in [0, 0.05) is 13.1 Å². The van der Waals surface area contributed by atoms with Crippen LogP contribution in [0.3, 0.4) is 0 Å². The molecule has 2 fully saturated rings. The lowest BCUT2D eigenvalue weighted by Gasteiger charge is -2.34. The lowest BCUT2D eigenvalue weighted by Crippen LogP contribution is -2.45. The monoisotopic (exact) mass is 277 g/mol. The van der Waals surface area contributed by atoms with Gasteiger partial charge in [-0.2, -0.15) is 0 Å². The Bertz CT molecular complexity index is 505. The van der Waals surface area contributed by atoms with Crippen molar-refractivity contribution in [2.45, 2.75) is 38.4 Å². The lowest BCUT2D eigenvalue weighted by molar-refractivity contribution is -0.134. The summed E-state index contributed by atoms with van der Waals surface area (Å²) in [5, 5.41) is 0. The van der Waals surface area contributed by atoms with Crippen molar-refractivity contribution in [1.29, 1.82) is 0 Å². The predicted octanol–water partition coefficient (Wildman–Crippen LogP) is 2.39. The highest BCUT2D eigenvalue weighted by atomic mass is 19.1. The quantitative estimate of drug-likeness (QED) is 0.830. The average molecular weight is 277 g/mol. The number of carbonyl (C=O) groups excluding carboxylic acids is 1. The van der Waals surface area contributed by atoms with Crippen LogP contribution >= 0.6 is 0 Å². The first-order valence-electron chi connectivity index (χ1n) is 7.29. The molecule has 0 aliphatic carbocycles. The number of fused-ring (bicyclic) bond motifs is 1. The molecule has 2 heterocycles. The Morgan fingerprint density at radius 1 is 1.50 bits per heavy atom. The van der Waals surface area contributed by atoms with E-state index in [1.165, 1.54) is 12.1 Å². The van der Waals surface area contributed by atoms with E-state index in [-0.39, 0.29) is 24.2 Å². The Balaban J connectivity index is 1.61. The molecular weight excluding hydrogens is 257 g/mol. The lowest BCUT2D eigenvalue weighted by atomic mass is 9.92. The van der Waals surface area contributed by atoms with Crippen LogP contribution in [0.2, 0.25) is 0 Å². The molecule has 20 heavy (non-hydrogen) atoms. The summed E-state index contributed by atoms with van der Waals surface area (Å²) in [5.74, 6) is 0.377. The molecule has 108 valence electrons. The molecule has 2 aliphatic heterocycles. The van der Waals surface area contributed by atoms with Crippen LogP contribution < -0.4 is 0 Å². The Morgan fingerprint density at radius 3 is 3.15 bits per heavy atom. The predicted molar refractivity (Wildman–Crippen MR) is 73.7 cm³/mol. The van der Waals surface area contributed by atoms with Crippen LogP contribution in [0.1, 0.15) is 25.3 Å². The average Bonchev–Trinajstić information content (AvgIpc) is 2.77. The van der Waals surface area contributed by atoms with Crippen molar-refractivity contribution >= 4 is 5.91 Å². The highest BCUT2D eigenvalue weighted by molar-refractivity contribution is 5.78. The standard InChI is InChI=1S/C16H20FNO2/c1-11-7-13-5-6-18(10-15(13)20-11)16(19)9-12-3-2-4-14(17)8-12/h2-4,8,11,13,15H,5-7,9-10H2,1H3/t11-,13+,15-/m1/s1. The van der Waals surface area contributed by atoms with Crippen molar-refractivity contribution in [3.05, 3.63) is 35.6 Å². The SMILES string of the molecule is C[C@@H]1C[C@@H]2CCN(C(=O)Cc3cccc(F)c3)C[C@H]2O1. The fourth-order valence-corrected chi connectivity index (χ4v) is 3.33. The second-order valence-corrected chi connectivity index (χ2v) is 5.92. The number of amides is 1. The summed E-state index contributed by atoms with van der Waals surface area (Å²) in [6.45, 7) is 3.58. The minimum absolute atomic E-state index is 0.0669. The van der Waals surface area contributed by atoms with Crippen molar-refractivity contribution in [3.63, 3.8) is 0 Å². The zero-order valence-corrected chi connectivity index (χ0v) is 11.7. The molecule has 0 N–H and O–H groups in total. The van der Waals surface area contributed by atoms with E-state index in [1.54, 1.807) is 12.1 Å². The van der Waals surface area contributed by atoms with Crippen molar-refractivity contribution in [1.82, 2.24) is 4.90 Å². The van der Waals surface area contributed by atoms with E-state index in [2.05, 4.69) is 6.92 Å². The Labute approximate surface area is 118 Å². The third kappa shape index (κ3) is 2.85. The van der Waals surface area contributed by atoms with Gasteiger partial charge in [-0.3, -0.25) is 4.79 Å². The fourth-order valence-electron chi connectivity index (χ4n) is 3.33. The summed E-state index contributed by atoms with van der Waals surface area (Å²) in [7, 11) is 0. The molecule has 1 aromatic carbocycles.